The summed E-state index contributed by atoms with van der Waals surface area (Å²) in [6.07, 6.45) is 55.7. The van der Waals surface area contributed by atoms with E-state index in [0.29, 0.717) is 6.42 Å². The fourth-order valence-electron chi connectivity index (χ4n) is 8.07. The van der Waals surface area contributed by atoms with Crippen LogP contribution >= 0.6 is 0 Å². The first-order valence-electron chi connectivity index (χ1n) is 26.7. The van der Waals surface area contributed by atoms with E-state index >= 15 is 0 Å². The quantitative estimate of drug-likeness (QED) is 0.0261. The lowest BCUT2D eigenvalue weighted by molar-refractivity contribution is -0.302. The zero-order valence-corrected chi connectivity index (χ0v) is 41.5. The minimum Gasteiger partial charge on any atom is -0.394 e. The monoisotopic (exact) mass is 914 g/mol. The molecule has 1 fully saturated rings. The molecule has 0 spiro atoms. The van der Waals surface area contributed by atoms with Gasteiger partial charge in [-0.1, -0.05) is 228 Å². The van der Waals surface area contributed by atoms with Crippen molar-refractivity contribution in [2.75, 3.05) is 13.2 Å². The summed E-state index contributed by atoms with van der Waals surface area (Å²) in [7, 11) is 0. The Morgan fingerprint density at radius 1 is 0.538 bits per heavy atom. The maximum atomic E-state index is 12.9. The van der Waals surface area contributed by atoms with Crippen molar-refractivity contribution in [1.82, 2.24) is 5.32 Å². The number of hydrogen-bond acceptors (Lipinski definition) is 8. The maximum Gasteiger partial charge on any atom is 0.220 e. The predicted octanol–water partition coefficient (Wildman–Crippen LogP) is 12.5. The van der Waals surface area contributed by atoms with E-state index in [-0.39, 0.29) is 18.9 Å². The second-order valence-corrected chi connectivity index (χ2v) is 18.3. The Bertz CT molecular complexity index is 1240. The van der Waals surface area contributed by atoms with E-state index < -0.39 is 49.5 Å². The minimum absolute atomic E-state index is 0.214. The number of aliphatic hydroxyl groups excluding tert-OH is 5. The molecule has 9 heteroatoms. The van der Waals surface area contributed by atoms with Crippen molar-refractivity contribution in [2.24, 2.45) is 0 Å². The van der Waals surface area contributed by atoms with Crippen molar-refractivity contribution in [3.8, 4) is 0 Å². The molecule has 7 atom stereocenters. The molecular formula is C56H99NO8. The van der Waals surface area contributed by atoms with Gasteiger partial charge in [-0.3, -0.25) is 4.79 Å². The van der Waals surface area contributed by atoms with Gasteiger partial charge in [0.2, 0.25) is 5.91 Å². The third-order valence-corrected chi connectivity index (χ3v) is 12.3. The summed E-state index contributed by atoms with van der Waals surface area (Å²) >= 11 is 0. The van der Waals surface area contributed by atoms with Crippen molar-refractivity contribution in [2.45, 2.75) is 262 Å². The van der Waals surface area contributed by atoms with Gasteiger partial charge in [-0.05, 0) is 57.8 Å². The summed E-state index contributed by atoms with van der Waals surface area (Å²) in [6.45, 7) is 3.60. The van der Waals surface area contributed by atoms with Crippen LogP contribution in [0.25, 0.3) is 0 Å². The van der Waals surface area contributed by atoms with E-state index in [0.717, 1.165) is 44.9 Å². The standard InChI is InChI=1S/C56H99NO8/c1-3-5-7-9-11-13-15-17-18-19-20-21-22-23-24-25-26-27-28-29-30-31-32-34-35-37-39-41-43-45-50(59)49(48-64-56-55(63)54(62)53(61)51(47-58)65-56)57-52(60)46-44-42-40-38-36-33-16-14-12-10-8-6-4-2/h6,8,12,14,33,35-37,40,42-43,45,49-51,53-56,58-59,61-63H,3-5,7,9-11,13,15-32,34,38-39,41,44,46-48H2,1-2H3,(H,57,60)/b8-6-,14-12-,36-33-,37-35+,42-40-,45-43+. The van der Waals surface area contributed by atoms with Gasteiger partial charge in [0.1, 0.15) is 24.4 Å². The summed E-state index contributed by atoms with van der Waals surface area (Å²) in [6, 6.07) is -0.863. The Kier molecular flexibility index (Phi) is 42.4. The molecule has 1 saturated heterocycles. The number of carbonyl (C=O) groups excluding carboxylic acids is 1. The Balaban J connectivity index is 2.25. The van der Waals surface area contributed by atoms with E-state index in [9.17, 15) is 30.3 Å². The normalized spacial score (nSPS) is 20.5. The van der Waals surface area contributed by atoms with E-state index in [1.165, 1.54) is 148 Å². The molecule has 0 aromatic carbocycles. The van der Waals surface area contributed by atoms with Gasteiger partial charge in [0.05, 0.1) is 25.4 Å². The summed E-state index contributed by atoms with van der Waals surface area (Å²) in [5.41, 5.74) is 0. The molecule has 1 heterocycles. The molecular weight excluding hydrogens is 815 g/mol. The Labute approximate surface area is 398 Å². The predicted molar refractivity (Wildman–Crippen MR) is 272 cm³/mol. The van der Waals surface area contributed by atoms with Crippen LogP contribution in [0, 0.1) is 0 Å². The molecule has 9 nitrogen and oxygen atoms in total. The number of aliphatic hydroxyl groups is 5. The first kappa shape index (κ1) is 60.6. The molecule has 0 aromatic rings. The molecule has 0 radical (unpaired) electrons. The fourth-order valence-corrected chi connectivity index (χ4v) is 8.07. The van der Waals surface area contributed by atoms with Crippen molar-refractivity contribution < 1.29 is 39.8 Å². The van der Waals surface area contributed by atoms with Gasteiger partial charge in [0, 0.05) is 6.42 Å². The number of rotatable bonds is 44. The molecule has 0 bridgehead atoms. The number of allylic oxidation sites excluding steroid dienone is 11. The first-order valence-corrected chi connectivity index (χ1v) is 26.7. The topological polar surface area (TPSA) is 149 Å². The van der Waals surface area contributed by atoms with Crippen LogP contribution < -0.4 is 5.32 Å². The SMILES string of the molecule is CC/C=C\C/C=C\C/C=C\C/C=C\CCC(=O)NC(COC1OC(CO)C(O)C(O)C1O)C(O)/C=C/CC/C=C/CCCCCCCCCCCCCCCCCCCCCCCCC. The van der Waals surface area contributed by atoms with E-state index in [2.05, 4.69) is 67.8 Å². The molecule has 0 aliphatic carbocycles. The zero-order chi connectivity index (χ0) is 47.3. The molecule has 0 aromatic heterocycles. The smallest absolute Gasteiger partial charge is 0.220 e. The van der Waals surface area contributed by atoms with Crippen molar-refractivity contribution >= 4 is 5.91 Å². The van der Waals surface area contributed by atoms with Crippen LogP contribution in [0.4, 0.5) is 0 Å². The van der Waals surface area contributed by atoms with Crippen molar-refractivity contribution in [3.63, 3.8) is 0 Å². The minimum atomic E-state index is -1.59. The lowest BCUT2D eigenvalue weighted by Crippen LogP contribution is -2.60. The molecule has 1 aliphatic heterocycles. The Hall–Kier alpha value is -2.37. The van der Waals surface area contributed by atoms with Crippen LogP contribution in [0.2, 0.25) is 0 Å². The summed E-state index contributed by atoms with van der Waals surface area (Å²) in [5, 5.41) is 54.2. The number of hydrogen-bond donors (Lipinski definition) is 6. The summed E-state index contributed by atoms with van der Waals surface area (Å²) in [4.78, 5) is 12.9. The fraction of sp³-hybridized carbons (Fsp3) is 0.768. The van der Waals surface area contributed by atoms with Gasteiger partial charge >= 0.3 is 0 Å². The highest BCUT2D eigenvalue weighted by molar-refractivity contribution is 5.76. The highest BCUT2D eigenvalue weighted by Gasteiger charge is 2.44. The molecule has 376 valence electrons. The molecule has 1 amide bonds. The van der Waals surface area contributed by atoms with Crippen LogP contribution in [0.1, 0.15) is 219 Å². The van der Waals surface area contributed by atoms with Gasteiger partial charge in [0.15, 0.2) is 6.29 Å². The summed E-state index contributed by atoms with van der Waals surface area (Å²) < 4.78 is 11.2. The molecule has 1 rings (SSSR count). The third kappa shape index (κ3) is 35.4. The highest BCUT2D eigenvalue weighted by Crippen LogP contribution is 2.23. The summed E-state index contributed by atoms with van der Waals surface area (Å²) in [5.74, 6) is -0.268. The molecule has 65 heavy (non-hydrogen) atoms. The number of ether oxygens (including phenoxy) is 2. The van der Waals surface area contributed by atoms with Gasteiger partial charge in [0.25, 0.3) is 0 Å². The van der Waals surface area contributed by atoms with Gasteiger partial charge in [-0.2, -0.15) is 0 Å². The number of amides is 1. The molecule has 6 N–H and O–H groups in total. The van der Waals surface area contributed by atoms with Crippen LogP contribution in [0.5, 0.6) is 0 Å². The zero-order valence-electron chi connectivity index (χ0n) is 41.5. The lowest BCUT2D eigenvalue weighted by atomic mass is 9.99. The second-order valence-electron chi connectivity index (χ2n) is 18.3. The van der Waals surface area contributed by atoms with Crippen LogP contribution in [-0.2, 0) is 14.3 Å². The number of unbranched alkanes of at least 4 members (excludes halogenated alkanes) is 24. The van der Waals surface area contributed by atoms with Gasteiger partial charge < -0.3 is 40.3 Å². The van der Waals surface area contributed by atoms with E-state index in [1.807, 2.05) is 18.2 Å². The number of nitrogens with one attached hydrogen (secondary N) is 1. The third-order valence-electron chi connectivity index (χ3n) is 12.3. The van der Waals surface area contributed by atoms with Crippen molar-refractivity contribution in [1.29, 1.82) is 0 Å². The molecule has 1 aliphatic rings. The highest BCUT2D eigenvalue weighted by atomic mass is 16.7. The second kappa shape index (κ2) is 45.4. The maximum absolute atomic E-state index is 12.9. The van der Waals surface area contributed by atoms with E-state index in [1.54, 1.807) is 6.08 Å². The van der Waals surface area contributed by atoms with Gasteiger partial charge in [-0.25, -0.2) is 0 Å². The van der Waals surface area contributed by atoms with Crippen molar-refractivity contribution in [3.05, 3.63) is 72.9 Å². The van der Waals surface area contributed by atoms with Crippen LogP contribution in [0.3, 0.4) is 0 Å². The lowest BCUT2D eigenvalue weighted by Gasteiger charge is -2.40. The largest absolute Gasteiger partial charge is 0.394 e. The number of carbonyl (C=O) groups is 1. The molecule has 0 saturated carbocycles. The average Bonchev–Trinajstić information content (AvgIpc) is 3.31. The Morgan fingerprint density at radius 3 is 1.46 bits per heavy atom. The van der Waals surface area contributed by atoms with E-state index in [4.69, 9.17) is 9.47 Å². The van der Waals surface area contributed by atoms with Crippen LogP contribution in [-0.4, -0.2) is 87.5 Å². The van der Waals surface area contributed by atoms with Gasteiger partial charge in [-0.15, -0.1) is 0 Å². The Morgan fingerprint density at radius 2 is 0.969 bits per heavy atom. The first-order chi connectivity index (χ1) is 31.8. The van der Waals surface area contributed by atoms with Crippen LogP contribution in [0.15, 0.2) is 72.9 Å². The average molecular weight is 914 g/mol. The molecule has 7 unspecified atom stereocenters.